The number of imidazole rings is 1. The number of nitrogens with one attached hydrogen (secondary N) is 1. The minimum Gasteiger partial charge on any atom is -0.372 e. The second-order valence-electron chi connectivity index (χ2n) is 9.35. The summed E-state index contributed by atoms with van der Waals surface area (Å²) in [5.41, 5.74) is 2.23. The summed E-state index contributed by atoms with van der Waals surface area (Å²) in [6.45, 7) is 14.1. The second kappa shape index (κ2) is 10.0. The number of fused-ring (bicyclic) bond motifs is 1. The van der Waals surface area contributed by atoms with Gasteiger partial charge in [-0.25, -0.2) is 24.9 Å². The molecule has 10 heteroatoms. The Bertz CT molecular complexity index is 1130. The average molecular weight is 467 g/mol. The third-order valence-corrected chi connectivity index (χ3v) is 6.18. The predicted molar refractivity (Wildman–Crippen MR) is 130 cm³/mol. The van der Waals surface area contributed by atoms with E-state index in [0.717, 1.165) is 17.0 Å². The zero-order valence-corrected chi connectivity index (χ0v) is 20.8. The van der Waals surface area contributed by atoms with E-state index in [9.17, 15) is 4.79 Å². The zero-order valence-electron chi connectivity index (χ0n) is 20.8. The molecule has 2 unspecified atom stereocenters. The van der Waals surface area contributed by atoms with Crippen LogP contribution in [0.15, 0.2) is 18.7 Å². The molecule has 3 atom stereocenters. The Morgan fingerprint density at radius 2 is 1.82 bits per heavy atom. The third kappa shape index (κ3) is 5.01. The van der Waals surface area contributed by atoms with Gasteiger partial charge in [-0.1, -0.05) is 13.8 Å². The normalized spacial score (nSPS) is 19.6. The second-order valence-corrected chi connectivity index (χ2v) is 9.35. The minimum atomic E-state index is -0.100. The Labute approximate surface area is 200 Å². The van der Waals surface area contributed by atoms with Gasteiger partial charge in [0.1, 0.15) is 18.0 Å². The number of aryl methyl sites for hydroxylation is 2. The van der Waals surface area contributed by atoms with Crippen LogP contribution in [0.5, 0.6) is 0 Å². The fourth-order valence-corrected chi connectivity index (χ4v) is 4.40. The molecule has 0 radical (unpaired) electrons. The van der Waals surface area contributed by atoms with Crippen LogP contribution in [0.25, 0.3) is 22.6 Å². The number of nitrogens with zero attached hydrogens (tertiary/aromatic N) is 7. The van der Waals surface area contributed by atoms with Gasteiger partial charge < -0.3 is 19.5 Å². The van der Waals surface area contributed by atoms with Crippen molar-refractivity contribution in [2.24, 2.45) is 5.92 Å². The molecule has 4 heterocycles. The van der Waals surface area contributed by atoms with Crippen LogP contribution in [0.4, 0.5) is 5.82 Å². The first-order chi connectivity index (χ1) is 16.3. The molecule has 1 N–H and O–H groups in total. The maximum atomic E-state index is 13.1. The van der Waals surface area contributed by atoms with Crippen molar-refractivity contribution in [1.82, 2.24) is 34.4 Å². The Morgan fingerprint density at radius 1 is 1.15 bits per heavy atom. The Morgan fingerprint density at radius 3 is 2.44 bits per heavy atom. The molecule has 182 valence electrons. The van der Waals surface area contributed by atoms with E-state index in [2.05, 4.69) is 46.0 Å². The summed E-state index contributed by atoms with van der Waals surface area (Å²) in [6.07, 6.45) is 5.55. The number of morpholine rings is 1. The highest BCUT2D eigenvalue weighted by Crippen LogP contribution is 2.27. The van der Waals surface area contributed by atoms with Crippen LogP contribution in [0.3, 0.4) is 0 Å². The number of aromatic nitrogens is 6. The number of anilines is 1. The average Bonchev–Trinajstić information content (AvgIpc) is 3.18. The van der Waals surface area contributed by atoms with Crippen molar-refractivity contribution < 1.29 is 9.53 Å². The fourth-order valence-electron chi connectivity index (χ4n) is 4.40. The lowest BCUT2D eigenvalue weighted by atomic mass is 9.99. The van der Waals surface area contributed by atoms with E-state index in [0.29, 0.717) is 43.2 Å². The smallest absolute Gasteiger partial charge is 0.224 e. The first-order valence-corrected chi connectivity index (χ1v) is 12.0. The van der Waals surface area contributed by atoms with E-state index in [1.165, 1.54) is 0 Å². The highest BCUT2D eigenvalue weighted by Gasteiger charge is 2.29. The van der Waals surface area contributed by atoms with Crippen molar-refractivity contribution in [3.05, 3.63) is 24.5 Å². The number of hydrogen-bond acceptors (Lipinski definition) is 8. The van der Waals surface area contributed by atoms with Crippen LogP contribution >= 0.6 is 0 Å². The van der Waals surface area contributed by atoms with Gasteiger partial charge in [-0.15, -0.1) is 0 Å². The van der Waals surface area contributed by atoms with E-state index < -0.39 is 0 Å². The van der Waals surface area contributed by atoms with Crippen LogP contribution in [-0.2, 0) is 16.1 Å². The molecule has 3 aromatic rings. The molecule has 1 amide bonds. The highest BCUT2D eigenvalue weighted by molar-refractivity contribution is 5.87. The van der Waals surface area contributed by atoms with Gasteiger partial charge in [-0.2, -0.15) is 0 Å². The van der Waals surface area contributed by atoms with Crippen molar-refractivity contribution in [1.29, 1.82) is 0 Å². The molecule has 0 bridgehead atoms. The molecule has 0 saturated carbocycles. The van der Waals surface area contributed by atoms with Crippen molar-refractivity contribution in [3.63, 3.8) is 0 Å². The summed E-state index contributed by atoms with van der Waals surface area (Å²) in [5, 5.41) is 3.50. The van der Waals surface area contributed by atoms with Crippen molar-refractivity contribution >= 4 is 22.9 Å². The summed E-state index contributed by atoms with van der Waals surface area (Å²) in [7, 11) is 0. The molecule has 0 aliphatic carbocycles. The molecule has 0 aromatic carbocycles. The van der Waals surface area contributed by atoms with Crippen LogP contribution in [0.2, 0.25) is 0 Å². The minimum absolute atomic E-state index is 0.0434. The Balaban J connectivity index is 1.61. The van der Waals surface area contributed by atoms with Gasteiger partial charge in [-0.05, 0) is 33.6 Å². The molecule has 34 heavy (non-hydrogen) atoms. The van der Waals surface area contributed by atoms with Crippen molar-refractivity contribution in [2.75, 3.05) is 18.4 Å². The summed E-state index contributed by atoms with van der Waals surface area (Å²) < 4.78 is 7.81. The van der Waals surface area contributed by atoms with Crippen LogP contribution < -0.4 is 5.32 Å². The molecule has 1 fully saturated rings. The van der Waals surface area contributed by atoms with Crippen LogP contribution in [-0.4, -0.2) is 71.6 Å². The van der Waals surface area contributed by atoms with E-state index in [1.54, 1.807) is 18.7 Å². The molecule has 1 saturated heterocycles. The molecule has 1 aliphatic rings. The van der Waals surface area contributed by atoms with Gasteiger partial charge >= 0.3 is 0 Å². The topological polar surface area (TPSA) is 111 Å². The lowest BCUT2D eigenvalue weighted by molar-refractivity contribution is -0.143. The van der Waals surface area contributed by atoms with E-state index in [4.69, 9.17) is 9.72 Å². The largest absolute Gasteiger partial charge is 0.372 e. The number of rotatable bonds is 7. The number of amides is 1. The van der Waals surface area contributed by atoms with Gasteiger partial charge in [0.15, 0.2) is 17.0 Å². The number of hydrogen-bond donors (Lipinski definition) is 1. The molecular formula is C24H34N8O2. The molecule has 10 nitrogen and oxygen atoms in total. The summed E-state index contributed by atoms with van der Waals surface area (Å²) in [6, 6.07) is -0.100. The van der Waals surface area contributed by atoms with E-state index >= 15 is 0 Å². The standard InChI is InChI=1S/C24H34N8O2/c1-7-32-23(18-9-25-17(6)26-10-18)30-21-22(27-13-28-24(21)32)29-19(14(2)3)8-20(33)31-11-15(4)34-16(5)12-31/h9-10,13-16,19H,7-8,11-12H2,1-6H3,(H,27,28,29)/t15?,16?,19-/m0/s1. The quantitative estimate of drug-likeness (QED) is 0.566. The van der Waals surface area contributed by atoms with E-state index in [-0.39, 0.29) is 30.1 Å². The van der Waals surface area contributed by atoms with Gasteiger partial charge in [-0.3, -0.25) is 4.79 Å². The summed E-state index contributed by atoms with van der Waals surface area (Å²) in [4.78, 5) is 37.5. The Kier molecular flexibility index (Phi) is 7.06. The zero-order chi connectivity index (χ0) is 24.4. The fraction of sp³-hybridized carbons (Fsp3) is 0.583. The van der Waals surface area contributed by atoms with Gasteiger partial charge in [0.25, 0.3) is 0 Å². The Hall–Kier alpha value is -3.14. The monoisotopic (exact) mass is 466 g/mol. The maximum absolute atomic E-state index is 13.1. The maximum Gasteiger partial charge on any atom is 0.224 e. The van der Waals surface area contributed by atoms with Gasteiger partial charge in [0, 0.05) is 44.5 Å². The first kappa shape index (κ1) is 24.0. The molecule has 1 aliphatic heterocycles. The number of carbonyl (C=O) groups excluding carboxylic acids is 1. The molecule has 4 rings (SSSR count). The number of carbonyl (C=O) groups is 1. The summed E-state index contributed by atoms with van der Waals surface area (Å²) in [5.74, 6) is 2.41. The lowest BCUT2D eigenvalue weighted by Crippen LogP contribution is -2.49. The third-order valence-electron chi connectivity index (χ3n) is 6.18. The molecular weight excluding hydrogens is 432 g/mol. The van der Waals surface area contributed by atoms with Crippen molar-refractivity contribution in [2.45, 2.75) is 72.8 Å². The number of ether oxygens (including phenoxy) is 1. The molecule has 3 aromatic heterocycles. The highest BCUT2D eigenvalue weighted by atomic mass is 16.5. The lowest BCUT2D eigenvalue weighted by Gasteiger charge is -2.36. The van der Waals surface area contributed by atoms with Gasteiger partial charge in [0.2, 0.25) is 5.91 Å². The SMILES string of the molecule is CCn1c(-c2cnc(C)nc2)nc2c(N[C@@H](CC(=O)N3CC(C)OC(C)C3)C(C)C)ncnc21. The summed E-state index contributed by atoms with van der Waals surface area (Å²) >= 11 is 0. The van der Waals surface area contributed by atoms with Crippen molar-refractivity contribution in [3.8, 4) is 11.4 Å². The first-order valence-electron chi connectivity index (χ1n) is 12.0. The predicted octanol–water partition coefficient (Wildman–Crippen LogP) is 3.07. The molecule has 0 spiro atoms. The van der Waals surface area contributed by atoms with Crippen LogP contribution in [0.1, 0.15) is 46.9 Å². The van der Waals surface area contributed by atoms with E-state index in [1.807, 2.05) is 30.2 Å². The van der Waals surface area contributed by atoms with Crippen LogP contribution in [0, 0.1) is 12.8 Å². The van der Waals surface area contributed by atoms with Gasteiger partial charge in [0.05, 0.1) is 17.8 Å².